The smallest absolute Gasteiger partial charge is 0.333 e. The van der Waals surface area contributed by atoms with Gasteiger partial charge in [0, 0.05) is 43.7 Å². The van der Waals surface area contributed by atoms with E-state index in [4.69, 9.17) is 11.6 Å². The highest BCUT2D eigenvalue weighted by molar-refractivity contribution is 6.30. The molecule has 0 unspecified atom stereocenters. The average molecular weight is 438 g/mol. The van der Waals surface area contributed by atoms with Crippen LogP contribution in [0.2, 0.25) is 5.02 Å². The van der Waals surface area contributed by atoms with Crippen LogP contribution in [0.1, 0.15) is 10.4 Å². The maximum absolute atomic E-state index is 13.1. The fourth-order valence-corrected chi connectivity index (χ4v) is 3.54. The molecule has 0 aliphatic heterocycles. The number of rotatable bonds is 4. The van der Waals surface area contributed by atoms with Crippen LogP contribution in [0.15, 0.2) is 64.3 Å². The lowest BCUT2D eigenvalue weighted by Gasteiger charge is -2.13. The van der Waals surface area contributed by atoms with E-state index in [2.05, 4.69) is 10.3 Å². The largest absolute Gasteiger partial charge is 0.378 e. The molecule has 0 aliphatic rings. The van der Waals surface area contributed by atoms with E-state index in [1.54, 1.807) is 43.4 Å². The molecule has 2 aromatic heterocycles. The van der Waals surface area contributed by atoms with Gasteiger partial charge >= 0.3 is 5.69 Å². The number of hydrogen-bond acceptors (Lipinski definition) is 4. The molecule has 8 nitrogen and oxygen atoms in total. The zero-order chi connectivity index (χ0) is 22.3. The number of carbonyl (C=O) groups is 1. The lowest BCUT2D eigenvalue weighted by Crippen LogP contribution is -2.34. The molecule has 0 radical (unpaired) electrons. The summed E-state index contributed by atoms with van der Waals surface area (Å²) in [5.74, 6) is -0.428. The van der Waals surface area contributed by atoms with Gasteiger partial charge in [0.25, 0.3) is 11.5 Å². The average Bonchev–Trinajstić information content (AvgIpc) is 3.06. The van der Waals surface area contributed by atoms with Crippen LogP contribution in [-0.2, 0) is 7.05 Å². The predicted octanol–water partition coefficient (Wildman–Crippen LogP) is 2.99. The predicted molar refractivity (Wildman–Crippen MR) is 123 cm³/mol. The summed E-state index contributed by atoms with van der Waals surface area (Å²) in [5.41, 5.74) is 1.40. The molecule has 2 heterocycles. The number of nitrogens with one attached hydrogen (secondary N) is 2. The molecule has 2 aromatic carbocycles. The van der Waals surface area contributed by atoms with Crippen LogP contribution in [0.3, 0.4) is 0 Å². The SMILES string of the molecule is CN(C)c1ccc(NC(=O)c2cn(C)c3c(=O)n(-c4ccc(Cl)cc4)c(=O)[nH]c23)cc1. The minimum absolute atomic E-state index is 0.185. The summed E-state index contributed by atoms with van der Waals surface area (Å²) >= 11 is 5.90. The Morgan fingerprint density at radius 3 is 2.29 bits per heavy atom. The molecule has 9 heteroatoms. The number of nitrogens with zero attached hydrogens (tertiary/aromatic N) is 3. The monoisotopic (exact) mass is 437 g/mol. The van der Waals surface area contributed by atoms with Gasteiger partial charge < -0.3 is 19.8 Å². The first-order chi connectivity index (χ1) is 14.8. The molecule has 158 valence electrons. The molecule has 0 bridgehead atoms. The first-order valence-corrected chi connectivity index (χ1v) is 9.83. The molecule has 0 aliphatic carbocycles. The summed E-state index contributed by atoms with van der Waals surface area (Å²) in [7, 11) is 5.50. The third-order valence-electron chi connectivity index (χ3n) is 4.99. The number of fused-ring (bicyclic) bond motifs is 1. The number of amides is 1. The van der Waals surface area contributed by atoms with E-state index in [0.29, 0.717) is 16.4 Å². The fourth-order valence-electron chi connectivity index (χ4n) is 3.41. The molecule has 0 fully saturated rings. The molecule has 0 atom stereocenters. The maximum atomic E-state index is 13.1. The number of hydrogen-bond donors (Lipinski definition) is 2. The van der Waals surface area contributed by atoms with Crippen molar-refractivity contribution in [3.8, 4) is 5.69 Å². The Labute approximate surface area is 182 Å². The number of anilines is 2. The van der Waals surface area contributed by atoms with Crippen LogP contribution in [0, 0.1) is 0 Å². The Kier molecular flexibility index (Phi) is 5.16. The highest BCUT2D eigenvalue weighted by Crippen LogP contribution is 2.20. The van der Waals surface area contributed by atoms with Crippen molar-refractivity contribution in [2.24, 2.45) is 7.05 Å². The zero-order valence-corrected chi connectivity index (χ0v) is 17.9. The molecule has 0 saturated heterocycles. The Hall–Kier alpha value is -3.78. The second-order valence-corrected chi connectivity index (χ2v) is 7.76. The van der Waals surface area contributed by atoms with E-state index in [1.807, 2.05) is 31.1 Å². The van der Waals surface area contributed by atoms with Gasteiger partial charge in [-0.15, -0.1) is 0 Å². The molecular weight excluding hydrogens is 418 g/mol. The molecule has 1 amide bonds. The Balaban J connectivity index is 1.76. The minimum Gasteiger partial charge on any atom is -0.378 e. The molecule has 4 rings (SSSR count). The van der Waals surface area contributed by atoms with Crippen LogP contribution >= 0.6 is 11.6 Å². The zero-order valence-electron chi connectivity index (χ0n) is 17.1. The van der Waals surface area contributed by atoms with E-state index < -0.39 is 17.2 Å². The number of halogens is 1. The molecule has 0 saturated carbocycles. The number of aromatic nitrogens is 3. The van der Waals surface area contributed by atoms with Crippen LogP contribution in [0.5, 0.6) is 0 Å². The third kappa shape index (κ3) is 3.73. The molecule has 4 aromatic rings. The standard InChI is InChI=1S/C22H20ClN5O3/c1-26(2)15-10-6-14(7-11-15)24-20(29)17-12-27(3)19-18(17)25-22(31)28(21(19)30)16-8-4-13(23)5-9-16/h4-12H,1-3H3,(H,24,29)(H,25,31). The summed E-state index contributed by atoms with van der Waals surface area (Å²) in [5, 5.41) is 3.30. The van der Waals surface area contributed by atoms with Crippen molar-refractivity contribution in [3.63, 3.8) is 0 Å². The first-order valence-electron chi connectivity index (χ1n) is 9.45. The van der Waals surface area contributed by atoms with E-state index in [1.165, 1.54) is 10.8 Å². The van der Waals surface area contributed by atoms with E-state index in [-0.39, 0.29) is 16.6 Å². The highest BCUT2D eigenvalue weighted by atomic mass is 35.5. The highest BCUT2D eigenvalue weighted by Gasteiger charge is 2.20. The van der Waals surface area contributed by atoms with Crippen LogP contribution in [-0.4, -0.2) is 34.1 Å². The second-order valence-electron chi connectivity index (χ2n) is 7.32. The van der Waals surface area contributed by atoms with Crippen molar-refractivity contribution in [1.29, 1.82) is 0 Å². The van der Waals surface area contributed by atoms with Crippen molar-refractivity contribution in [2.45, 2.75) is 0 Å². The maximum Gasteiger partial charge on any atom is 0.333 e. The number of aromatic amines is 1. The van der Waals surface area contributed by atoms with Crippen LogP contribution < -0.4 is 21.5 Å². The summed E-state index contributed by atoms with van der Waals surface area (Å²) in [6, 6.07) is 13.7. The summed E-state index contributed by atoms with van der Waals surface area (Å²) in [6.07, 6.45) is 1.53. The molecular formula is C22H20ClN5O3. The normalized spacial score (nSPS) is 11.0. The number of carbonyl (C=O) groups excluding carboxylic acids is 1. The van der Waals surface area contributed by atoms with Gasteiger partial charge in [-0.3, -0.25) is 9.59 Å². The van der Waals surface area contributed by atoms with Gasteiger partial charge in [0.1, 0.15) is 5.52 Å². The van der Waals surface area contributed by atoms with Crippen molar-refractivity contribution in [3.05, 3.63) is 86.2 Å². The van der Waals surface area contributed by atoms with E-state index >= 15 is 0 Å². The van der Waals surface area contributed by atoms with Crippen LogP contribution in [0.25, 0.3) is 16.7 Å². The van der Waals surface area contributed by atoms with Gasteiger partial charge in [-0.2, -0.15) is 0 Å². The van der Waals surface area contributed by atoms with Gasteiger partial charge in [0.2, 0.25) is 0 Å². The molecule has 2 N–H and O–H groups in total. The number of aryl methyl sites for hydroxylation is 1. The van der Waals surface area contributed by atoms with Crippen LogP contribution in [0.4, 0.5) is 11.4 Å². The summed E-state index contributed by atoms with van der Waals surface area (Å²) < 4.78 is 2.55. The van der Waals surface area contributed by atoms with E-state index in [9.17, 15) is 14.4 Å². The first kappa shape index (κ1) is 20.5. The Bertz CT molecular complexity index is 1400. The van der Waals surface area contributed by atoms with Gasteiger partial charge in [-0.1, -0.05) is 11.6 Å². The molecule has 0 spiro atoms. The Morgan fingerprint density at radius 1 is 1.03 bits per heavy atom. The quantitative estimate of drug-likeness (QED) is 0.513. The number of H-pyrrole nitrogens is 1. The second kappa shape index (κ2) is 7.81. The summed E-state index contributed by atoms with van der Waals surface area (Å²) in [6.45, 7) is 0. The van der Waals surface area contributed by atoms with Crippen molar-refractivity contribution < 1.29 is 4.79 Å². The molecule has 31 heavy (non-hydrogen) atoms. The minimum atomic E-state index is -0.643. The lowest BCUT2D eigenvalue weighted by atomic mass is 10.2. The van der Waals surface area contributed by atoms with Crippen molar-refractivity contribution in [2.75, 3.05) is 24.3 Å². The lowest BCUT2D eigenvalue weighted by molar-refractivity contribution is 0.102. The van der Waals surface area contributed by atoms with E-state index in [0.717, 1.165) is 10.3 Å². The third-order valence-corrected chi connectivity index (χ3v) is 5.25. The van der Waals surface area contributed by atoms with Gasteiger partial charge in [0.15, 0.2) is 0 Å². The number of benzene rings is 2. The van der Waals surface area contributed by atoms with Crippen molar-refractivity contribution in [1.82, 2.24) is 14.1 Å². The van der Waals surface area contributed by atoms with Gasteiger partial charge in [-0.25, -0.2) is 9.36 Å². The Morgan fingerprint density at radius 2 is 1.68 bits per heavy atom. The van der Waals surface area contributed by atoms with Gasteiger partial charge in [0.05, 0.1) is 16.8 Å². The van der Waals surface area contributed by atoms with Gasteiger partial charge in [-0.05, 0) is 48.5 Å². The topological polar surface area (TPSA) is 92.1 Å². The summed E-state index contributed by atoms with van der Waals surface area (Å²) in [4.78, 5) is 43.3. The fraction of sp³-hybridized carbons (Fsp3) is 0.136. The van der Waals surface area contributed by atoms with Crippen molar-refractivity contribution >= 4 is 39.9 Å².